The van der Waals surface area contributed by atoms with Gasteiger partial charge in [0.25, 0.3) is 0 Å². The van der Waals surface area contributed by atoms with Crippen LogP contribution in [0.25, 0.3) is 0 Å². The standard InChI is InChI=1S/C31H51N3O4/c35-20-27-29(21-36)38-34(19-24-14-12-23(13-15-24)11-10-22-6-2-1-3-7-22)30(27)31(37)32-17-16-25-18-33-28-9-5-4-8-26(25)28/h22-30,33,35-36H,1-9,12-21H2,(H,32,37)/t23?,24?,25?,26?,27-,28?,29+,30+/m1/s1. The summed E-state index contributed by atoms with van der Waals surface area (Å²) in [5.41, 5.74) is 0. The normalized spacial score (nSPS) is 38.4. The Morgan fingerprint density at radius 3 is 2.34 bits per heavy atom. The fourth-order valence-electron chi connectivity index (χ4n) is 8.06. The lowest BCUT2D eigenvalue weighted by Gasteiger charge is -2.31. The SMILES string of the molecule is O=C(NCCC1CNC2CCCCC12)[C@@H]1[C@H](CO)[C@H](CO)ON1CC1CCC(C#CC2CCCCC2)CC1. The van der Waals surface area contributed by atoms with E-state index in [1.165, 1.54) is 57.8 Å². The fourth-order valence-corrected chi connectivity index (χ4v) is 8.06. The molecular formula is C31H51N3O4. The third kappa shape index (κ3) is 6.93. The van der Waals surface area contributed by atoms with Crippen LogP contribution >= 0.6 is 0 Å². The Hall–Kier alpha value is -1.17. The minimum atomic E-state index is -0.551. The van der Waals surface area contributed by atoms with Crippen LogP contribution < -0.4 is 10.6 Å². The smallest absolute Gasteiger partial charge is 0.240 e. The maximum Gasteiger partial charge on any atom is 0.240 e. The van der Waals surface area contributed by atoms with Gasteiger partial charge in [-0.15, -0.1) is 0 Å². The summed E-state index contributed by atoms with van der Waals surface area (Å²) in [4.78, 5) is 19.5. The zero-order chi connectivity index (χ0) is 26.3. The number of aliphatic hydroxyl groups excluding tert-OH is 2. The van der Waals surface area contributed by atoms with E-state index in [9.17, 15) is 15.0 Å². The maximum atomic E-state index is 13.4. The zero-order valence-electron chi connectivity index (χ0n) is 23.3. The number of nitrogens with one attached hydrogen (secondary N) is 2. The molecule has 3 saturated carbocycles. The summed E-state index contributed by atoms with van der Waals surface area (Å²) in [5.74, 6) is 9.64. The molecule has 0 spiro atoms. The largest absolute Gasteiger partial charge is 0.396 e. The van der Waals surface area contributed by atoms with Crippen molar-refractivity contribution in [1.29, 1.82) is 0 Å². The molecule has 0 radical (unpaired) electrons. The van der Waals surface area contributed by atoms with Crippen LogP contribution in [0.3, 0.4) is 0 Å². The van der Waals surface area contributed by atoms with Crippen molar-refractivity contribution in [2.24, 2.45) is 35.5 Å². The number of fused-ring (bicyclic) bond motifs is 1. The second kappa shape index (κ2) is 13.9. The average Bonchev–Trinajstić information content (AvgIpc) is 3.54. The molecule has 38 heavy (non-hydrogen) atoms. The van der Waals surface area contributed by atoms with Crippen LogP contribution in [0.4, 0.5) is 0 Å². The van der Waals surface area contributed by atoms with Crippen LogP contribution in [0.5, 0.6) is 0 Å². The first-order chi connectivity index (χ1) is 18.7. The Bertz CT molecular complexity index is 814. The van der Waals surface area contributed by atoms with Gasteiger partial charge in [0.2, 0.25) is 5.91 Å². The van der Waals surface area contributed by atoms with E-state index < -0.39 is 18.1 Å². The Morgan fingerprint density at radius 2 is 1.61 bits per heavy atom. The van der Waals surface area contributed by atoms with Crippen molar-refractivity contribution in [3.8, 4) is 11.8 Å². The summed E-state index contributed by atoms with van der Waals surface area (Å²) in [7, 11) is 0. The van der Waals surface area contributed by atoms with Crippen molar-refractivity contribution >= 4 is 5.91 Å². The molecular weight excluding hydrogens is 478 g/mol. The number of rotatable bonds is 8. The van der Waals surface area contributed by atoms with Gasteiger partial charge in [-0.3, -0.25) is 9.63 Å². The van der Waals surface area contributed by atoms with Crippen molar-refractivity contribution < 1.29 is 19.8 Å². The summed E-state index contributed by atoms with van der Waals surface area (Å²) in [6.45, 7) is 2.03. The van der Waals surface area contributed by atoms with E-state index in [1.54, 1.807) is 5.06 Å². The average molecular weight is 530 g/mol. The van der Waals surface area contributed by atoms with Crippen molar-refractivity contribution in [3.63, 3.8) is 0 Å². The van der Waals surface area contributed by atoms with E-state index >= 15 is 0 Å². The highest BCUT2D eigenvalue weighted by atomic mass is 16.7. The molecule has 4 N–H and O–H groups in total. The Labute approximate surface area is 229 Å². The predicted molar refractivity (Wildman–Crippen MR) is 148 cm³/mol. The predicted octanol–water partition coefficient (Wildman–Crippen LogP) is 3.25. The highest BCUT2D eigenvalue weighted by Gasteiger charge is 2.47. The van der Waals surface area contributed by atoms with Crippen molar-refractivity contribution in [3.05, 3.63) is 0 Å². The minimum absolute atomic E-state index is 0.0711. The van der Waals surface area contributed by atoms with Gasteiger partial charge >= 0.3 is 0 Å². The molecule has 2 heterocycles. The molecule has 1 amide bonds. The summed E-state index contributed by atoms with van der Waals surface area (Å²) in [5, 5.41) is 28.7. The van der Waals surface area contributed by atoms with E-state index in [0.717, 1.165) is 44.6 Å². The summed E-state index contributed by atoms with van der Waals surface area (Å²) in [6, 6.07) is 0.116. The van der Waals surface area contributed by atoms with Crippen LogP contribution in [-0.2, 0) is 9.63 Å². The molecule has 7 nitrogen and oxygen atoms in total. The van der Waals surface area contributed by atoms with Crippen LogP contribution in [-0.4, -0.2) is 72.2 Å². The minimum Gasteiger partial charge on any atom is -0.396 e. The van der Waals surface area contributed by atoms with Crippen molar-refractivity contribution in [1.82, 2.24) is 15.7 Å². The van der Waals surface area contributed by atoms with Gasteiger partial charge in [-0.2, -0.15) is 5.06 Å². The molecule has 2 saturated heterocycles. The molecule has 0 aromatic carbocycles. The number of amides is 1. The van der Waals surface area contributed by atoms with Gasteiger partial charge in [0.15, 0.2) is 0 Å². The van der Waals surface area contributed by atoms with E-state index in [4.69, 9.17) is 4.84 Å². The lowest BCUT2D eigenvalue weighted by atomic mass is 9.79. The molecule has 0 aromatic rings. The topological polar surface area (TPSA) is 94.1 Å². The third-order valence-corrected chi connectivity index (χ3v) is 10.4. The molecule has 7 heteroatoms. The molecule has 0 bridgehead atoms. The van der Waals surface area contributed by atoms with Crippen LogP contribution in [0.1, 0.15) is 89.9 Å². The lowest BCUT2D eigenvalue weighted by molar-refractivity contribution is -0.182. The Kier molecular flexibility index (Phi) is 10.4. The molecule has 5 rings (SSSR count). The first-order valence-corrected chi connectivity index (χ1v) is 15.8. The van der Waals surface area contributed by atoms with E-state index in [2.05, 4.69) is 22.5 Å². The highest BCUT2D eigenvalue weighted by molar-refractivity contribution is 5.82. The second-order valence-electron chi connectivity index (χ2n) is 12.9. The number of aliphatic hydroxyl groups is 2. The number of hydrogen-bond donors (Lipinski definition) is 4. The molecule has 2 aliphatic heterocycles. The quantitative estimate of drug-likeness (QED) is 0.361. The number of carbonyl (C=O) groups excluding carboxylic acids is 1. The Balaban J connectivity index is 1.11. The monoisotopic (exact) mass is 529 g/mol. The molecule has 5 fully saturated rings. The summed E-state index contributed by atoms with van der Waals surface area (Å²) < 4.78 is 0. The zero-order valence-corrected chi connectivity index (χ0v) is 23.3. The summed E-state index contributed by atoms with van der Waals surface area (Å²) >= 11 is 0. The third-order valence-electron chi connectivity index (χ3n) is 10.4. The molecule has 3 unspecified atom stereocenters. The van der Waals surface area contributed by atoms with E-state index in [-0.39, 0.29) is 19.1 Å². The number of carbonyl (C=O) groups is 1. The lowest BCUT2D eigenvalue weighted by Crippen LogP contribution is -2.49. The van der Waals surface area contributed by atoms with Gasteiger partial charge in [-0.25, -0.2) is 0 Å². The van der Waals surface area contributed by atoms with Gasteiger partial charge < -0.3 is 20.8 Å². The van der Waals surface area contributed by atoms with Crippen molar-refractivity contribution in [2.75, 3.05) is 32.8 Å². The van der Waals surface area contributed by atoms with Gasteiger partial charge in [0.1, 0.15) is 12.1 Å². The number of nitrogens with zero attached hydrogens (tertiary/aromatic N) is 1. The first-order valence-electron chi connectivity index (χ1n) is 15.8. The second-order valence-corrected chi connectivity index (χ2v) is 12.9. The van der Waals surface area contributed by atoms with Gasteiger partial charge in [0.05, 0.1) is 13.2 Å². The van der Waals surface area contributed by atoms with Crippen LogP contribution in [0.15, 0.2) is 0 Å². The van der Waals surface area contributed by atoms with Crippen molar-refractivity contribution in [2.45, 2.75) is 108 Å². The molecule has 0 aromatic heterocycles. The first kappa shape index (κ1) is 28.4. The Morgan fingerprint density at radius 1 is 0.895 bits per heavy atom. The highest BCUT2D eigenvalue weighted by Crippen LogP contribution is 2.37. The van der Waals surface area contributed by atoms with Gasteiger partial charge in [0, 0.05) is 36.9 Å². The molecule has 6 atom stereocenters. The fraction of sp³-hybridized carbons (Fsp3) is 0.903. The molecule has 214 valence electrons. The van der Waals surface area contributed by atoms with Gasteiger partial charge in [-0.1, -0.05) is 43.9 Å². The van der Waals surface area contributed by atoms with Crippen LogP contribution in [0.2, 0.25) is 0 Å². The summed E-state index contributed by atoms with van der Waals surface area (Å²) in [6.07, 6.45) is 16.7. The number of hydroxylamine groups is 2. The van der Waals surface area contributed by atoms with Crippen LogP contribution in [0, 0.1) is 47.3 Å². The van der Waals surface area contributed by atoms with E-state index in [0.29, 0.717) is 42.8 Å². The molecule has 5 aliphatic rings. The number of hydrogen-bond acceptors (Lipinski definition) is 6. The molecule has 3 aliphatic carbocycles. The van der Waals surface area contributed by atoms with Gasteiger partial charge in [-0.05, 0) is 82.1 Å². The maximum absolute atomic E-state index is 13.4. The van der Waals surface area contributed by atoms with E-state index in [1.807, 2.05) is 0 Å².